The van der Waals surface area contributed by atoms with Gasteiger partial charge in [0.1, 0.15) is 5.52 Å². The van der Waals surface area contributed by atoms with Crippen LogP contribution in [0.15, 0.2) is 40.8 Å². The number of anilines is 1. The molecule has 2 N–H and O–H groups in total. The van der Waals surface area contributed by atoms with Crippen LogP contribution in [0.1, 0.15) is 19.8 Å². The zero-order chi connectivity index (χ0) is 16.4. The Balaban J connectivity index is 1.98. The third kappa shape index (κ3) is 3.00. The molecule has 0 fully saturated rings. The molecule has 0 saturated heterocycles. The summed E-state index contributed by atoms with van der Waals surface area (Å²) >= 11 is 6.30. The lowest BCUT2D eigenvalue weighted by molar-refractivity contribution is -0.134. The predicted molar refractivity (Wildman–Crippen MR) is 89.4 cm³/mol. The summed E-state index contributed by atoms with van der Waals surface area (Å²) in [6.07, 6.45) is 1.03. The van der Waals surface area contributed by atoms with Crippen molar-refractivity contribution in [1.82, 2.24) is 4.98 Å². The summed E-state index contributed by atoms with van der Waals surface area (Å²) in [6.45, 7) is 1.90. The minimum Gasteiger partial charge on any atom is -0.436 e. The maximum absolute atomic E-state index is 11.6. The number of ether oxygens (including phenoxy) is 1. The number of benzene rings is 2. The van der Waals surface area contributed by atoms with Gasteiger partial charge in [-0.15, -0.1) is 0 Å². The highest BCUT2D eigenvalue weighted by atomic mass is 35.5. The van der Waals surface area contributed by atoms with Crippen LogP contribution in [0.4, 0.5) is 5.69 Å². The maximum atomic E-state index is 11.6. The lowest BCUT2D eigenvalue weighted by Gasteiger charge is -2.10. The smallest absolute Gasteiger partial charge is 0.311 e. The fourth-order valence-electron chi connectivity index (χ4n) is 2.19. The average molecular weight is 331 g/mol. The number of rotatable bonds is 4. The van der Waals surface area contributed by atoms with Crippen molar-refractivity contribution in [1.29, 1.82) is 0 Å². The van der Waals surface area contributed by atoms with E-state index in [2.05, 4.69) is 4.98 Å². The second-order valence-electron chi connectivity index (χ2n) is 5.05. The Morgan fingerprint density at radius 2 is 2.09 bits per heavy atom. The van der Waals surface area contributed by atoms with Crippen LogP contribution < -0.4 is 10.5 Å². The Morgan fingerprint density at radius 3 is 2.83 bits per heavy atom. The van der Waals surface area contributed by atoms with E-state index in [1.54, 1.807) is 12.1 Å². The third-order valence-corrected chi connectivity index (χ3v) is 3.75. The van der Waals surface area contributed by atoms with Crippen molar-refractivity contribution in [3.63, 3.8) is 0 Å². The van der Waals surface area contributed by atoms with Gasteiger partial charge >= 0.3 is 5.97 Å². The van der Waals surface area contributed by atoms with Gasteiger partial charge in [-0.3, -0.25) is 4.79 Å². The number of halogens is 1. The lowest BCUT2D eigenvalue weighted by Crippen LogP contribution is -2.08. The minimum absolute atomic E-state index is 0.191. The van der Waals surface area contributed by atoms with Crippen molar-refractivity contribution >= 4 is 34.4 Å². The van der Waals surface area contributed by atoms with E-state index in [4.69, 9.17) is 26.5 Å². The molecule has 0 aliphatic rings. The third-order valence-electron chi connectivity index (χ3n) is 3.34. The van der Waals surface area contributed by atoms with Gasteiger partial charge in [0.15, 0.2) is 11.3 Å². The number of fused-ring (bicyclic) bond motifs is 1. The Labute approximate surface area is 138 Å². The van der Waals surface area contributed by atoms with Gasteiger partial charge in [0.2, 0.25) is 5.89 Å². The largest absolute Gasteiger partial charge is 0.436 e. The lowest BCUT2D eigenvalue weighted by atomic mass is 10.2. The van der Waals surface area contributed by atoms with Gasteiger partial charge in [-0.05, 0) is 30.7 Å². The Kier molecular flexibility index (Phi) is 4.21. The standard InChI is InChI=1S/C17H15ClN2O3/c1-2-5-14(21)22-13-9-8-10(15(18)16(13)19)17-20-11-6-3-4-7-12(11)23-17/h3-4,6-9H,2,5,19H2,1H3. The van der Waals surface area contributed by atoms with Crippen LogP contribution in [0.2, 0.25) is 5.02 Å². The van der Waals surface area contributed by atoms with Crippen LogP contribution in [0.5, 0.6) is 5.75 Å². The van der Waals surface area contributed by atoms with E-state index < -0.39 is 0 Å². The molecule has 23 heavy (non-hydrogen) atoms. The Hall–Kier alpha value is -2.53. The van der Waals surface area contributed by atoms with Gasteiger partial charge < -0.3 is 14.9 Å². The number of hydrogen-bond donors (Lipinski definition) is 1. The van der Waals surface area contributed by atoms with Crippen LogP contribution in [-0.2, 0) is 4.79 Å². The molecule has 0 spiro atoms. The molecule has 0 bridgehead atoms. The first kappa shape index (κ1) is 15.4. The SMILES string of the molecule is CCCC(=O)Oc1ccc(-c2nc3ccccc3o2)c(Cl)c1N. The van der Waals surface area contributed by atoms with E-state index in [-0.39, 0.29) is 22.4 Å². The van der Waals surface area contributed by atoms with Crippen molar-refractivity contribution in [2.24, 2.45) is 0 Å². The molecule has 3 rings (SSSR count). The zero-order valence-corrected chi connectivity index (χ0v) is 13.3. The first-order valence-electron chi connectivity index (χ1n) is 7.24. The Morgan fingerprint density at radius 1 is 1.30 bits per heavy atom. The van der Waals surface area contributed by atoms with Gasteiger partial charge in [0, 0.05) is 6.42 Å². The fourth-order valence-corrected chi connectivity index (χ4v) is 2.43. The fraction of sp³-hybridized carbons (Fsp3) is 0.176. The first-order chi connectivity index (χ1) is 11.1. The number of carbonyl (C=O) groups is 1. The molecule has 0 saturated carbocycles. The normalized spacial score (nSPS) is 10.9. The van der Waals surface area contributed by atoms with Crippen LogP contribution >= 0.6 is 11.6 Å². The quantitative estimate of drug-likeness (QED) is 0.435. The summed E-state index contributed by atoms with van der Waals surface area (Å²) in [5, 5.41) is 0.248. The second kappa shape index (κ2) is 6.30. The molecule has 0 amide bonds. The number of hydrogen-bond acceptors (Lipinski definition) is 5. The second-order valence-corrected chi connectivity index (χ2v) is 5.43. The Bertz CT molecular complexity index is 840. The van der Waals surface area contributed by atoms with Crippen LogP contribution in [0.3, 0.4) is 0 Å². The molecule has 0 aliphatic carbocycles. The summed E-state index contributed by atoms with van der Waals surface area (Å²) < 4.78 is 10.9. The van der Waals surface area contributed by atoms with E-state index in [0.717, 1.165) is 5.52 Å². The number of nitrogens with two attached hydrogens (primary N) is 1. The number of oxazole rings is 1. The number of para-hydroxylation sites is 2. The molecule has 2 aromatic carbocycles. The summed E-state index contributed by atoms with van der Waals surface area (Å²) in [4.78, 5) is 16.0. The average Bonchev–Trinajstić information content (AvgIpc) is 2.96. The highest BCUT2D eigenvalue weighted by Gasteiger charge is 2.17. The summed E-state index contributed by atoms with van der Waals surface area (Å²) in [7, 11) is 0. The molecule has 6 heteroatoms. The monoisotopic (exact) mass is 330 g/mol. The molecule has 118 valence electrons. The molecular weight excluding hydrogens is 316 g/mol. The van der Waals surface area contributed by atoms with E-state index >= 15 is 0 Å². The van der Waals surface area contributed by atoms with Crippen molar-refractivity contribution in [2.75, 3.05) is 5.73 Å². The van der Waals surface area contributed by atoms with Gasteiger partial charge in [-0.1, -0.05) is 30.7 Å². The van der Waals surface area contributed by atoms with E-state index in [1.807, 2.05) is 31.2 Å². The van der Waals surface area contributed by atoms with E-state index in [1.165, 1.54) is 0 Å². The van der Waals surface area contributed by atoms with Gasteiger partial charge in [-0.2, -0.15) is 0 Å². The maximum Gasteiger partial charge on any atom is 0.311 e. The van der Waals surface area contributed by atoms with Gasteiger partial charge in [-0.25, -0.2) is 4.98 Å². The van der Waals surface area contributed by atoms with Gasteiger partial charge in [0.25, 0.3) is 0 Å². The highest BCUT2D eigenvalue weighted by Crippen LogP contribution is 2.38. The summed E-state index contributed by atoms with van der Waals surface area (Å²) in [5.74, 6) is 0.271. The molecule has 0 unspecified atom stereocenters. The molecule has 1 aromatic heterocycles. The van der Waals surface area contributed by atoms with Crippen LogP contribution in [0, 0.1) is 0 Å². The van der Waals surface area contributed by atoms with Crippen molar-refractivity contribution < 1.29 is 13.9 Å². The molecule has 0 atom stereocenters. The minimum atomic E-state index is -0.343. The van der Waals surface area contributed by atoms with E-state index in [9.17, 15) is 4.79 Å². The van der Waals surface area contributed by atoms with Crippen molar-refractivity contribution in [3.8, 4) is 17.2 Å². The number of esters is 1. The van der Waals surface area contributed by atoms with Crippen LogP contribution in [-0.4, -0.2) is 11.0 Å². The molecule has 0 aliphatic heterocycles. The summed E-state index contributed by atoms with van der Waals surface area (Å²) in [5.41, 5.74) is 8.12. The van der Waals surface area contributed by atoms with Gasteiger partial charge in [0.05, 0.1) is 16.3 Å². The molecular formula is C17H15ClN2O3. The molecule has 3 aromatic rings. The number of carbonyl (C=O) groups excluding carboxylic acids is 1. The van der Waals surface area contributed by atoms with E-state index in [0.29, 0.717) is 29.9 Å². The number of nitrogen functional groups attached to an aromatic ring is 1. The molecule has 5 nitrogen and oxygen atoms in total. The molecule has 0 radical (unpaired) electrons. The molecule has 1 heterocycles. The first-order valence-corrected chi connectivity index (χ1v) is 7.62. The number of aromatic nitrogens is 1. The summed E-state index contributed by atoms with van der Waals surface area (Å²) in [6, 6.07) is 10.7. The highest BCUT2D eigenvalue weighted by molar-refractivity contribution is 6.36. The zero-order valence-electron chi connectivity index (χ0n) is 12.5. The predicted octanol–water partition coefficient (Wildman–Crippen LogP) is 4.44. The number of nitrogens with zero attached hydrogens (tertiary/aromatic N) is 1. The van der Waals surface area contributed by atoms with Crippen LogP contribution in [0.25, 0.3) is 22.6 Å². The topological polar surface area (TPSA) is 78.3 Å². The van der Waals surface area contributed by atoms with Crippen molar-refractivity contribution in [2.45, 2.75) is 19.8 Å². The van der Waals surface area contributed by atoms with Crippen molar-refractivity contribution in [3.05, 3.63) is 41.4 Å².